The highest BCUT2D eigenvalue weighted by atomic mass is 35.5. The molecule has 0 bridgehead atoms. The Hall–Kier alpha value is -2.07. The van der Waals surface area contributed by atoms with E-state index in [1.54, 1.807) is 24.1 Å². The van der Waals surface area contributed by atoms with Crippen LogP contribution in [0.25, 0.3) is 0 Å². The van der Waals surface area contributed by atoms with Crippen LogP contribution in [-0.4, -0.2) is 26.9 Å². The molecule has 2 aromatic rings. The van der Waals surface area contributed by atoms with Crippen LogP contribution >= 0.6 is 11.6 Å². The molecule has 0 saturated carbocycles. The second-order valence-corrected chi connectivity index (χ2v) is 5.23. The van der Waals surface area contributed by atoms with Gasteiger partial charge in [-0.3, -0.25) is 4.79 Å². The normalized spacial score (nSPS) is 10.4. The van der Waals surface area contributed by atoms with E-state index in [4.69, 9.17) is 11.6 Å². The van der Waals surface area contributed by atoms with Gasteiger partial charge in [0.1, 0.15) is 5.82 Å². The molecule has 0 aliphatic rings. The highest BCUT2D eigenvalue weighted by molar-refractivity contribution is 6.30. The third kappa shape index (κ3) is 4.20. The molecule has 0 radical (unpaired) electrons. The number of hydrogen-bond acceptors (Lipinski definition) is 2. The molecule has 0 fully saturated rings. The molecule has 1 amide bonds. The molecule has 0 atom stereocenters. The Labute approximate surface area is 129 Å². The number of amides is 1. The average Bonchev–Trinajstić information content (AvgIpc) is 2.85. The van der Waals surface area contributed by atoms with Crippen LogP contribution in [0.1, 0.15) is 18.3 Å². The second kappa shape index (κ2) is 7.09. The van der Waals surface area contributed by atoms with Crippen molar-refractivity contribution in [3.8, 4) is 0 Å². The Morgan fingerprint density at radius 2 is 2.33 bits per heavy atom. The quantitative estimate of drug-likeness (QED) is 0.769. The van der Waals surface area contributed by atoms with E-state index in [2.05, 4.69) is 11.6 Å². The standard InChI is InChI=1S/C16H18ClN3O/c1-3-8-19(13(2)21)12-16-18-7-9-20(16)11-14-5-4-6-15(17)10-14/h3-7,9-10H,1,8,11-12H2,2H3. The molecule has 0 spiro atoms. The zero-order valence-corrected chi connectivity index (χ0v) is 12.8. The molecule has 110 valence electrons. The number of hydrogen-bond donors (Lipinski definition) is 0. The summed E-state index contributed by atoms with van der Waals surface area (Å²) >= 11 is 6.00. The largest absolute Gasteiger partial charge is 0.332 e. The van der Waals surface area contributed by atoms with E-state index in [0.717, 1.165) is 11.4 Å². The number of carbonyl (C=O) groups excluding carboxylic acids is 1. The van der Waals surface area contributed by atoms with Crippen molar-refractivity contribution in [3.63, 3.8) is 0 Å². The maximum Gasteiger partial charge on any atom is 0.220 e. The third-order valence-corrected chi connectivity index (χ3v) is 3.41. The van der Waals surface area contributed by atoms with Gasteiger partial charge in [-0.05, 0) is 17.7 Å². The van der Waals surface area contributed by atoms with Crippen LogP contribution in [0.2, 0.25) is 5.02 Å². The number of nitrogens with zero attached hydrogens (tertiary/aromatic N) is 3. The lowest BCUT2D eigenvalue weighted by atomic mass is 10.2. The number of aromatic nitrogens is 2. The van der Waals surface area contributed by atoms with Gasteiger partial charge in [0.05, 0.1) is 6.54 Å². The summed E-state index contributed by atoms with van der Waals surface area (Å²) in [5.41, 5.74) is 1.10. The summed E-state index contributed by atoms with van der Waals surface area (Å²) < 4.78 is 2.02. The Kier molecular flexibility index (Phi) is 5.17. The second-order valence-electron chi connectivity index (χ2n) is 4.79. The van der Waals surface area contributed by atoms with Gasteiger partial charge in [0.25, 0.3) is 0 Å². The number of benzene rings is 1. The maximum atomic E-state index is 11.6. The van der Waals surface area contributed by atoms with Gasteiger partial charge < -0.3 is 9.47 Å². The van der Waals surface area contributed by atoms with Crippen LogP contribution in [-0.2, 0) is 17.9 Å². The van der Waals surface area contributed by atoms with Gasteiger partial charge in [0.15, 0.2) is 0 Å². The first-order chi connectivity index (χ1) is 10.1. The zero-order valence-electron chi connectivity index (χ0n) is 12.0. The minimum Gasteiger partial charge on any atom is -0.332 e. The first-order valence-electron chi connectivity index (χ1n) is 6.71. The van der Waals surface area contributed by atoms with Crippen molar-refractivity contribution in [2.75, 3.05) is 6.54 Å². The van der Waals surface area contributed by atoms with E-state index in [-0.39, 0.29) is 5.91 Å². The van der Waals surface area contributed by atoms with Gasteiger partial charge >= 0.3 is 0 Å². The molecule has 0 saturated heterocycles. The SMILES string of the molecule is C=CCN(Cc1nccn1Cc1cccc(Cl)c1)C(C)=O. The van der Waals surface area contributed by atoms with Crippen LogP contribution < -0.4 is 0 Å². The number of rotatable bonds is 6. The highest BCUT2D eigenvalue weighted by Gasteiger charge is 2.12. The van der Waals surface area contributed by atoms with Crippen LogP contribution in [0.3, 0.4) is 0 Å². The van der Waals surface area contributed by atoms with Crippen LogP contribution in [0.15, 0.2) is 49.3 Å². The summed E-state index contributed by atoms with van der Waals surface area (Å²) in [6.45, 7) is 6.88. The molecule has 2 rings (SSSR count). The van der Waals surface area contributed by atoms with E-state index in [9.17, 15) is 4.79 Å². The van der Waals surface area contributed by atoms with Crippen LogP contribution in [0.4, 0.5) is 0 Å². The van der Waals surface area contributed by atoms with E-state index >= 15 is 0 Å². The van der Waals surface area contributed by atoms with Crippen molar-refractivity contribution in [2.24, 2.45) is 0 Å². The summed E-state index contributed by atoms with van der Waals surface area (Å²) in [4.78, 5) is 17.6. The van der Waals surface area contributed by atoms with Gasteiger partial charge in [-0.25, -0.2) is 4.98 Å². The predicted molar refractivity (Wildman–Crippen MR) is 84.1 cm³/mol. The molecule has 0 aliphatic carbocycles. The number of imidazole rings is 1. The monoisotopic (exact) mass is 303 g/mol. The molecule has 21 heavy (non-hydrogen) atoms. The van der Waals surface area contributed by atoms with E-state index in [1.807, 2.05) is 35.0 Å². The van der Waals surface area contributed by atoms with Crippen molar-refractivity contribution in [1.29, 1.82) is 0 Å². The minimum atomic E-state index is 0.00667. The Morgan fingerprint density at radius 1 is 1.52 bits per heavy atom. The van der Waals surface area contributed by atoms with Crippen molar-refractivity contribution in [2.45, 2.75) is 20.0 Å². The number of carbonyl (C=O) groups is 1. The minimum absolute atomic E-state index is 0.00667. The van der Waals surface area contributed by atoms with Crippen molar-refractivity contribution in [1.82, 2.24) is 14.5 Å². The molecule has 0 unspecified atom stereocenters. The van der Waals surface area contributed by atoms with Crippen molar-refractivity contribution >= 4 is 17.5 Å². The Balaban J connectivity index is 2.14. The topological polar surface area (TPSA) is 38.1 Å². The lowest BCUT2D eigenvalue weighted by Crippen LogP contribution is -2.29. The fourth-order valence-electron chi connectivity index (χ4n) is 2.10. The van der Waals surface area contributed by atoms with Crippen LogP contribution in [0.5, 0.6) is 0 Å². The summed E-state index contributed by atoms with van der Waals surface area (Å²) in [5.74, 6) is 0.847. The summed E-state index contributed by atoms with van der Waals surface area (Å²) in [6.07, 6.45) is 5.36. The molecule has 1 aromatic heterocycles. The summed E-state index contributed by atoms with van der Waals surface area (Å²) in [7, 11) is 0. The molecule has 1 aromatic carbocycles. The van der Waals surface area contributed by atoms with Gasteiger partial charge in [-0.1, -0.05) is 29.8 Å². The molecule has 5 heteroatoms. The maximum absolute atomic E-state index is 11.6. The van der Waals surface area contributed by atoms with Crippen molar-refractivity contribution < 1.29 is 4.79 Å². The van der Waals surface area contributed by atoms with Crippen molar-refractivity contribution in [3.05, 3.63) is 65.7 Å². The van der Waals surface area contributed by atoms with Gasteiger partial charge in [0, 0.05) is 37.4 Å². The fraction of sp³-hybridized carbons (Fsp3) is 0.250. The molecule has 0 aliphatic heterocycles. The predicted octanol–water partition coefficient (Wildman–Crippen LogP) is 3.12. The average molecular weight is 304 g/mol. The Bertz CT molecular complexity index is 636. The summed E-state index contributed by atoms with van der Waals surface area (Å²) in [5, 5.41) is 0.714. The Morgan fingerprint density at radius 3 is 3.00 bits per heavy atom. The molecule has 0 N–H and O–H groups in total. The van der Waals surface area contributed by atoms with Gasteiger partial charge in [-0.2, -0.15) is 0 Å². The molecule has 4 nitrogen and oxygen atoms in total. The lowest BCUT2D eigenvalue weighted by molar-refractivity contribution is -0.129. The van der Waals surface area contributed by atoms with E-state index < -0.39 is 0 Å². The van der Waals surface area contributed by atoms with E-state index in [1.165, 1.54) is 0 Å². The van der Waals surface area contributed by atoms with Gasteiger partial charge in [-0.15, -0.1) is 6.58 Å². The molecular weight excluding hydrogens is 286 g/mol. The highest BCUT2D eigenvalue weighted by Crippen LogP contribution is 2.13. The van der Waals surface area contributed by atoms with E-state index in [0.29, 0.717) is 24.7 Å². The molecular formula is C16H18ClN3O. The fourth-order valence-corrected chi connectivity index (χ4v) is 2.31. The third-order valence-electron chi connectivity index (χ3n) is 3.17. The zero-order chi connectivity index (χ0) is 15.2. The number of halogens is 1. The summed E-state index contributed by atoms with van der Waals surface area (Å²) in [6, 6.07) is 7.72. The first-order valence-corrected chi connectivity index (χ1v) is 7.09. The van der Waals surface area contributed by atoms with Gasteiger partial charge in [0.2, 0.25) is 5.91 Å². The lowest BCUT2D eigenvalue weighted by Gasteiger charge is -2.19. The first kappa shape index (κ1) is 15.3. The smallest absolute Gasteiger partial charge is 0.220 e. The molecule has 1 heterocycles. The van der Waals surface area contributed by atoms with Crippen LogP contribution in [0, 0.1) is 0 Å².